The zero-order chi connectivity index (χ0) is 9.00. The van der Waals surface area contributed by atoms with Gasteiger partial charge in [0, 0.05) is 27.5 Å². The van der Waals surface area contributed by atoms with E-state index in [4.69, 9.17) is 35.0 Å². The predicted molar refractivity (Wildman–Crippen MR) is 24.7 cm³/mol. The van der Waals surface area contributed by atoms with Crippen LogP contribution in [0.15, 0.2) is 0 Å². The molecule has 0 saturated heterocycles. The van der Waals surface area contributed by atoms with E-state index in [-0.39, 0.29) is 33.6 Å². The van der Waals surface area contributed by atoms with Crippen LogP contribution in [0, 0.1) is 0 Å². The standard InChI is InChI=1S/Fe.Ni.2H2O4S/c;;2*1-5(2,3)4/h;;2*(H2,1,2,3,4)/q;+2;;/p-2. The number of hydrogen-bond donors (Lipinski definition) is 2. The van der Waals surface area contributed by atoms with E-state index in [0.29, 0.717) is 0 Å². The van der Waals surface area contributed by atoms with Gasteiger partial charge in [0.1, 0.15) is 0 Å². The molecule has 0 aliphatic carbocycles. The second kappa shape index (κ2) is 8.36. The largest absolute Gasteiger partial charge is 2.00 e. The minimum Gasteiger partial charge on any atom is -0.759 e. The first-order valence-electron chi connectivity index (χ1n) is 1.37. The first kappa shape index (κ1) is 23.0. The monoisotopic (exact) mass is 308 g/mol. The Morgan fingerprint density at radius 1 is 0.917 bits per heavy atom. The summed E-state index contributed by atoms with van der Waals surface area (Å²) in [6.07, 6.45) is 0. The molecule has 0 spiro atoms. The molecule has 0 heterocycles. The topological polar surface area (TPSA) is 155 Å². The normalized spacial score (nSPS) is 9.67. The molecule has 0 saturated carbocycles. The molecule has 0 bridgehead atoms. The van der Waals surface area contributed by atoms with Gasteiger partial charge >= 0.3 is 26.9 Å². The molecule has 0 fully saturated rings. The van der Waals surface area contributed by atoms with Gasteiger partial charge in [0.25, 0.3) is 0 Å². The summed E-state index contributed by atoms with van der Waals surface area (Å²) in [5, 5.41) is 0. The SMILES string of the molecule is O=S(=O)(O)O.O=S(=O)([O-])[O-].[Fe].[Ni+2]. The zero-order valence-corrected chi connectivity index (χ0v) is 8.55. The van der Waals surface area contributed by atoms with Crippen molar-refractivity contribution < 1.29 is 68.6 Å². The third-order valence-electron chi connectivity index (χ3n) is 0. The molecule has 0 unspecified atom stereocenters. The molecule has 2 N–H and O–H groups in total. The quantitative estimate of drug-likeness (QED) is 0.296. The Kier molecular flexibility index (Phi) is 16.0. The van der Waals surface area contributed by atoms with Crippen LogP contribution in [-0.2, 0) is 54.4 Å². The second-order valence-corrected chi connectivity index (χ2v) is 2.57. The molecular weight excluding hydrogens is 307 g/mol. The van der Waals surface area contributed by atoms with Crippen molar-refractivity contribution in [2.45, 2.75) is 0 Å². The molecule has 0 rings (SSSR count). The maximum Gasteiger partial charge on any atom is 2.00 e. The second-order valence-electron chi connectivity index (χ2n) is 0.856. The maximum atomic E-state index is 8.74. The van der Waals surface area contributed by atoms with E-state index in [1.807, 2.05) is 0 Å². The average Bonchev–Trinajstić information content (AvgIpc) is 1.12. The Balaban J connectivity index is -0.0000000457. The Bertz CT molecular complexity index is 213. The van der Waals surface area contributed by atoms with Crippen LogP contribution in [0.4, 0.5) is 0 Å². The first-order valence-corrected chi connectivity index (χ1v) is 4.10. The van der Waals surface area contributed by atoms with Gasteiger partial charge in [-0.2, -0.15) is 8.42 Å². The van der Waals surface area contributed by atoms with Crippen LogP contribution >= 0.6 is 0 Å². The molecule has 12 heavy (non-hydrogen) atoms. The van der Waals surface area contributed by atoms with Crippen molar-refractivity contribution in [1.82, 2.24) is 0 Å². The summed E-state index contributed by atoms with van der Waals surface area (Å²) < 4.78 is 65.7. The summed E-state index contributed by atoms with van der Waals surface area (Å²) in [5.41, 5.74) is 0. The van der Waals surface area contributed by atoms with Gasteiger partial charge in [-0.1, -0.05) is 0 Å². The van der Waals surface area contributed by atoms with Crippen molar-refractivity contribution in [2.75, 3.05) is 0 Å². The molecule has 0 aromatic heterocycles. The fourth-order valence-electron chi connectivity index (χ4n) is 0. The Morgan fingerprint density at radius 2 is 0.917 bits per heavy atom. The fraction of sp³-hybridized carbons (Fsp3) is 0. The van der Waals surface area contributed by atoms with Gasteiger partial charge < -0.3 is 9.11 Å². The van der Waals surface area contributed by atoms with Gasteiger partial charge in [0.15, 0.2) is 0 Å². The predicted octanol–water partition coefficient (Wildman–Crippen LogP) is -2.00. The summed E-state index contributed by atoms with van der Waals surface area (Å²) in [4.78, 5) is 0. The first-order chi connectivity index (χ1) is 4.00. The zero-order valence-electron chi connectivity index (χ0n) is 4.83. The van der Waals surface area contributed by atoms with E-state index in [0.717, 1.165) is 0 Å². The minimum atomic E-state index is -5.17. The smallest absolute Gasteiger partial charge is 0.759 e. The molecule has 0 aromatic rings. The molecule has 0 atom stereocenters. The maximum absolute atomic E-state index is 8.74. The van der Waals surface area contributed by atoms with Crippen molar-refractivity contribution >= 4 is 20.8 Å². The van der Waals surface area contributed by atoms with Crippen LogP contribution in [0.5, 0.6) is 0 Å². The van der Waals surface area contributed by atoms with Crippen LogP contribution in [0.3, 0.4) is 0 Å². The molecular formula is H2FeNiO8S2. The third-order valence-corrected chi connectivity index (χ3v) is 0. The Morgan fingerprint density at radius 3 is 0.917 bits per heavy atom. The molecule has 0 aromatic carbocycles. The molecule has 80 valence electrons. The van der Waals surface area contributed by atoms with Gasteiger partial charge in [0.05, 0.1) is 0 Å². The van der Waals surface area contributed by atoms with Gasteiger partial charge in [-0.15, -0.1) is 0 Å². The summed E-state index contributed by atoms with van der Waals surface area (Å²) in [5.74, 6) is 0. The summed E-state index contributed by atoms with van der Waals surface area (Å²) in [7, 11) is -9.83. The van der Waals surface area contributed by atoms with Crippen LogP contribution in [-0.4, -0.2) is 35.0 Å². The Labute approximate surface area is 89.3 Å². The van der Waals surface area contributed by atoms with E-state index in [1.165, 1.54) is 0 Å². The van der Waals surface area contributed by atoms with Crippen molar-refractivity contribution in [3.63, 3.8) is 0 Å². The van der Waals surface area contributed by atoms with E-state index < -0.39 is 20.8 Å². The summed E-state index contributed by atoms with van der Waals surface area (Å²) in [6, 6.07) is 0. The van der Waals surface area contributed by atoms with E-state index in [9.17, 15) is 0 Å². The summed E-state index contributed by atoms with van der Waals surface area (Å²) >= 11 is 0. The van der Waals surface area contributed by atoms with E-state index in [1.54, 1.807) is 0 Å². The van der Waals surface area contributed by atoms with Crippen LogP contribution in [0.25, 0.3) is 0 Å². The molecule has 0 aliphatic heterocycles. The van der Waals surface area contributed by atoms with Gasteiger partial charge in [-0.05, 0) is 0 Å². The molecule has 0 aliphatic rings. The van der Waals surface area contributed by atoms with Crippen molar-refractivity contribution in [3.05, 3.63) is 0 Å². The van der Waals surface area contributed by atoms with E-state index in [2.05, 4.69) is 0 Å². The van der Waals surface area contributed by atoms with Crippen LogP contribution < -0.4 is 0 Å². The van der Waals surface area contributed by atoms with Crippen molar-refractivity contribution in [2.24, 2.45) is 0 Å². The van der Waals surface area contributed by atoms with Gasteiger partial charge in [-0.3, -0.25) is 17.5 Å². The van der Waals surface area contributed by atoms with Crippen LogP contribution in [0.1, 0.15) is 0 Å². The number of rotatable bonds is 0. The van der Waals surface area contributed by atoms with Crippen molar-refractivity contribution in [1.29, 1.82) is 0 Å². The fourth-order valence-corrected chi connectivity index (χ4v) is 0. The average molecular weight is 309 g/mol. The molecule has 12 heteroatoms. The van der Waals surface area contributed by atoms with E-state index >= 15 is 0 Å². The van der Waals surface area contributed by atoms with Gasteiger partial charge in [-0.25, -0.2) is 0 Å². The van der Waals surface area contributed by atoms with Crippen LogP contribution in [0.2, 0.25) is 0 Å². The molecule has 0 amide bonds. The minimum absolute atomic E-state index is 0. The number of hydrogen-bond acceptors (Lipinski definition) is 6. The Hall–Kier alpha value is 0.753. The molecule has 8 nitrogen and oxygen atoms in total. The van der Waals surface area contributed by atoms with Gasteiger partial charge in [0.2, 0.25) is 0 Å². The third kappa shape index (κ3) is 1800. The molecule has 0 radical (unpaired) electrons. The summed E-state index contributed by atoms with van der Waals surface area (Å²) in [6.45, 7) is 0. The van der Waals surface area contributed by atoms with Crippen molar-refractivity contribution in [3.8, 4) is 0 Å².